The van der Waals surface area contributed by atoms with E-state index >= 15 is 0 Å². The van der Waals surface area contributed by atoms with Crippen LogP contribution in [-0.2, 0) is 27.3 Å². The van der Waals surface area contributed by atoms with Gasteiger partial charge in [0.2, 0.25) is 0 Å². The van der Waals surface area contributed by atoms with Gasteiger partial charge in [0.1, 0.15) is 11.9 Å². The minimum absolute atomic E-state index is 0.0463. The van der Waals surface area contributed by atoms with Crippen LogP contribution in [-0.4, -0.2) is 69.1 Å². The Balaban J connectivity index is 1.59. The van der Waals surface area contributed by atoms with E-state index in [0.717, 1.165) is 43.7 Å². The van der Waals surface area contributed by atoms with Crippen LogP contribution in [0.15, 0.2) is 12.1 Å². The summed E-state index contributed by atoms with van der Waals surface area (Å²) in [4.78, 5) is 34.5. The highest BCUT2D eigenvalue weighted by atomic mass is 16.7. The number of rotatable bonds is 11. The van der Waals surface area contributed by atoms with Crippen molar-refractivity contribution in [3.05, 3.63) is 23.4 Å². The molecular weight excluding hydrogens is 414 g/mol. The fourth-order valence-corrected chi connectivity index (χ4v) is 4.16. The molecule has 0 amide bonds. The molecule has 9 heteroatoms. The molecule has 0 saturated heterocycles. The van der Waals surface area contributed by atoms with Gasteiger partial charge in [-0.05, 0) is 76.3 Å². The number of hydroxylamine groups is 2. The number of anilines is 1. The summed E-state index contributed by atoms with van der Waals surface area (Å²) in [7, 11) is 0. The van der Waals surface area contributed by atoms with Crippen LogP contribution in [0.3, 0.4) is 0 Å². The van der Waals surface area contributed by atoms with Crippen molar-refractivity contribution in [2.75, 3.05) is 25.1 Å². The molecular formula is C23H35N3O6. The fourth-order valence-electron chi connectivity index (χ4n) is 4.16. The van der Waals surface area contributed by atoms with Gasteiger partial charge >= 0.3 is 11.9 Å². The minimum Gasteiger partial charge on any atom is -0.480 e. The summed E-state index contributed by atoms with van der Waals surface area (Å²) in [6, 6.07) is 2.86. The molecule has 4 N–H and O–H groups in total. The number of aryl methyl sites for hydroxylation is 2. The average molecular weight is 450 g/mol. The van der Waals surface area contributed by atoms with E-state index in [1.807, 2.05) is 0 Å². The summed E-state index contributed by atoms with van der Waals surface area (Å²) in [5.41, 5.74) is 1.16. The number of aromatic nitrogens is 1. The van der Waals surface area contributed by atoms with E-state index in [1.54, 1.807) is 13.8 Å². The van der Waals surface area contributed by atoms with Gasteiger partial charge < -0.3 is 25.5 Å². The molecule has 2 heterocycles. The van der Waals surface area contributed by atoms with Crippen LogP contribution in [0.2, 0.25) is 0 Å². The molecule has 1 aliphatic carbocycles. The standard InChI is InChI=1S/C23H35N3O6/c1-23(2,14-28)22(31)32-26(19(9-11-27)21(29)30)18-12-15(13-18)5-7-17-8-6-16-4-3-10-24-20(16)25-17/h6,8,15,18-19,27-28H,3-5,7,9-14H2,1-2H3,(H,24,25)(H,29,30)/t15?,18?,19-/m0/s1. The van der Waals surface area contributed by atoms with Crippen LogP contribution >= 0.6 is 0 Å². The largest absolute Gasteiger partial charge is 0.480 e. The molecule has 1 fully saturated rings. The number of aliphatic hydroxyl groups is 2. The number of hydrogen-bond donors (Lipinski definition) is 4. The second kappa shape index (κ2) is 10.6. The van der Waals surface area contributed by atoms with Crippen molar-refractivity contribution < 1.29 is 29.7 Å². The Hall–Kier alpha value is -2.23. The third kappa shape index (κ3) is 5.76. The van der Waals surface area contributed by atoms with Crippen LogP contribution in [0.4, 0.5) is 5.82 Å². The van der Waals surface area contributed by atoms with Gasteiger partial charge in [-0.2, -0.15) is 0 Å². The van der Waals surface area contributed by atoms with Crippen molar-refractivity contribution >= 4 is 17.8 Å². The van der Waals surface area contributed by atoms with Crippen molar-refractivity contribution in [3.63, 3.8) is 0 Å². The second-order valence-corrected chi connectivity index (χ2v) is 9.52. The number of carbonyl (C=O) groups is 2. The lowest BCUT2D eigenvalue weighted by atomic mass is 9.76. The maximum atomic E-state index is 12.5. The number of pyridine rings is 1. The molecule has 178 valence electrons. The normalized spacial score (nSPS) is 21.3. The SMILES string of the molecule is CC(C)(CO)C(=O)ON(C1CC(CCc2ccc3c(n2)NCCC3)C1)[C@@H](CCO)C(=O)O. The lowest BCUT2D eigenvalue weighted by Gasteiger charge is -2.44. The molecule has 1 saturated carbocycles. The van der Waals surface area contributed by atoms with Crippen LogP contribution in [0.5, 0.6) is 0 Å². The molecule has 32 heavy (non-hydrogen) atoms. The van der Waals surface area contributed by atoms with E-state index in [-0.39, 0.29) is 19.1 Å². The topological polar surface area (TPSA) is 132 Å². The van der Waals surface area contributed by atoms with Crippen LogP contribution in [0, 0.1) is 11.3 Å². The Morgan fingerprint density at radius 1 is 1.31 bits per heavy atom. The van der Waals surface area contributed by atoms with E-state index in [4.69, 9.17) is 9.82 Å². The lowest BCUT2D eigenvalue weighted by molar-refractivity contribution is -0.242. The van der Waals surface area contributed by atoms with Crippen molar-refractivity contribution in [2.24, 2.45) is 11.3 Å². The van der Waals surface area contributed by atoms with E-state index in [1.165, 1.54) is 10.6 Å². The number of carboxylic acids is 1. The predicted octanol–water partition coefficient (Wildman–Crippen LogP) is 1.77. The number of aliphatic carboxylic acids is 1. The molecule has 3 rings (SSSR count). The molecule has 0 spiro atoms. The molecule has 9 nitrogen and oxygen atoms in total. The van der Waals surface area contributed by atoms with E-state index in [9.17, 15) is 24.9 Å². The van der Waals surface area contributed by atoms with E-state index < -0.39 is 30.0 Å². The molecule has 1 aromatic rings. The number of carbonyl (C=O) groups excluding carboxylic acids is 1. The number of hydrogen-bond acceptors (Lipinski definition) is 8. The number of aliphatic hydroxyl groups excluding tert-OH is 2. The molecule has 0 unspecified atom stereocenters. The zero-order valence-electron chi connectivity index (χ0n) is 18.9. The summed E-state index contributed by atoms with van der Waals surface area (Å²) in [5, 5.41) is 33.0. The Morgan fingerprint density at radius 2 is 2.06 bits per heavy atom. The Morgan fingerprint density at radius 3 is 2.72 bits per heavy atom. The highest BCUT2D eigenvalue weighted by Crippen LogP contribution is 2.37. The molecule has 0 aromatic carbocycles. The fraction of sp³-hybridized carbons (Fsp3) is 0.696. The number of nitrogens with one attached hydrogen (secondary N) is 1. The zero-order chi connectivity index (χ0) is 23.3. The summed E-state index contributed by atoms with van der Waals surface area (Å²) in [5.74, 6) is -0.471. The lowest BCUT2D eigenvalue weighted by Crippen LogP contribution is -2.54. The van der Waals surface area contributed by atoms with Gasteiger partial charge in [-0.1, -0.05) is 6.07 Å². The van der Waals surface area contributed by atoms with Gasteiger partial charge in [-0.25, -0.2) is 9.78 Å². The van der Waals surface area contributed by atoms with Gasteiger partial charge in [-0.15, -0.1) is 5.06 Å². The smallest absolute Gasteiger partial charge is 0.332 e. The molecule has 1 aromatic heterocycles. The number of carboxylic acid groups (broad SMARTS) is 1. The first-order chi connectivity index (χ1) is 15.2. The first-order valence-corrected chi connectivity index (χ1v) is 11.4. The predicted molar refractivity (Wildman–Crippen MR) is 118 cm³/mol. The van der Waals surface area contributed by atoms with E-state index in [0.29, 0.717) is 18.8 Å². The Bertz CT molecular complexity index is 809. The molecule has 2 aliphatic rings. The van der Waals surface area contributed by atoms with Gasteiger partial charge in [0.15, 0.2) is 0 Å². The summed E-state index contributed by atoms with van der Waals surface area (Å²) < 4.78 is 0. The van der Waals surface area contributed by atoms with Crippen molar-refractivity contribution in [1.29, 1.82) is 0 Å². The number of nitrogens with zero attached hydrogens (tertiary/aromatic N) is 2. The molecule has 0 bridgehead atoms. The monoisotopic (exact) mass is 449 g/mol. The van der Waals surface area contributed by atoms with E-state index in [2.05, 4.69) is 17.4 Å². The summed E-state index contributed by atoms with van der Waals surface area (Å²) >= 11 is 0. The van der Waals surface area contributed by atoms with Crippen molar-refractivity contribution in [1.82, 2.24) is 10.0 Å². The second-order valence-electron chi connectivity index (χ2n) is 9.52. The molecule has 1 atom stereocenters. The van der Waals surface area contributed by atoms with Crippen molar-refractivity contribution in [2.45, 2.75) is 70.9 Å². The summed E-state index contributed by atoms with van der Waals surface area (Å²) in [6.07, 6.45) is 5.29. The van der Waals surface area contributed by atoms with Gasteiger partial charge in [0, 0.05) is 24.9 Å². The third-order valence-electron chi connectivity index (χ3n) is 6.46. The molecule has 0 radical (unpaired) electrons. The van der Waals surface area contributed by atoms with Crippen LogP contribution < -0.4 is 5.32 Å². The quantitative estimate of drug-likeness (QED) is 0.373. The summed E-state index contributed by atoms with van der Waals surface area (Å²) in [6.45, 7) is 3.29. The Labute approximate surface area is 188 Å². The van der Waals surface area contributed by atoms with Gasteiger partial charge in [0.05, 0.1) is 12.0 Å². The maximum absolute atomic E-state index is 12.5. The first kappa shape index (κ1) is 24.4. The zero-order valence-corrected chi connectivity index (χ0v) is 18.9. The Kier molecular flexibility index (Phi) is 8.08. The van der Waals surface area contributed by atoms with Crippen molar-refractivity contribution in [3.8, 4) is 0 Å². The average Bonchev–Trinajstić information content (AvgIpc) is 2.75. The molecule has 1 aliphatic heterocycles. The number of fused-ring (bicyclic) bond motifs is 1. The van der Waals surface area contributed by atoms with Crippen LogP contribution in [0.1, 0.15) is 57.2 Å². The first-order valence-electron chi connectivity index (χ1n) is 11.4. The maximum Gasteiger partial charge on any atom is 0.332 e. The minimum atomic E-state index is -1.15. The third-order valence-corrected chi connectivity index (χ3v) is 6.46. The highest BCUT2D eigenvalue weighted by molar-refractivity contribution is 5.77. The van der Waals surface area contributed by atoms with Crippen LogP contribution in [0.25, 0.3) is 0 Å². The van der Waals surface area contributed by atoms with Gasteiger partial charge in [0.25, 0.3) is 0 Å². The highest BCUT2D eigenvalue weighted by Gasteiger charge is 2.43. The van der Waals surface area contributed by atoms with Gasteiger partial charge in [-0.3, -0.25) is 4.79 Å².